The van der Waals surface area contributed by atoms with E-state index in [-0.39, 0.29) is 12.0 Å². The van der Waals surface area contributed by atoms with Gasteiger partial charge in [0.15, 0.2) is 0 Å². The van der Waals surface area contributed by atoms with E-state index in [1.165, 1.54) is 5.56 Å². The molecular weight excluding hydrogens is 304 g/mol. The molecule has 0 saturated carbocycles. The van der Waals surface area contributed by atoms with Crippen molar-refractivity contribution in [2.75, 3.05) is 26.2 Å². The summed E-state index contributed by atoms with van der Waals surface area (Å²) in [4.78, 5) is 14.6. The Kier molecular flexibility index (Phi) is 5.61. The Morgan fingerprint density at radius 2 is 2.17 bits per heavy atom. The average Bonchev–Trinajstić information content (AvgIpc) is 2.89. The van der Waals surface area contributed by atoms with Crippen LogP contribution >= 0.6 is 0 Å². The Hall–Kier alpha value is -2.18. The number of nitrogens with zero attached hydrogens (tertiary/aromatic N) is 3. The van der Waals surface area contributed by atoms with Crippen molar-refractivity contribution < 1.29 is 9.53 Å². The van der Waals surface area contributed by atoms with Gasteiger partial charge in [-0.3, -0.25) is 14.4 Å². The van der Waals surface area contributed by atoms with Gasteiger partial charge in [-0.05, 0) is 18.1 Å². The number of rotatable bonds is 5. The van der Waals surface area contributed by atoms with E-state index < -0.39 is 0 Å². The highest BCUT2D eigenvalue weighted by Crippen LogP contribution is 2.10. The van der Waals surface area contributed by atoms with Crippen LogP contribution in [0.3, 0.4) is 0 Å². The van der Waals surface area contributed by atoms with Crippen LogP contribution in [0.1, 0.15) is 22.5 Å². The lowest BCUT2D eigenvalue weighted by molar-refractivity contribution is 0.0509. The highest BCUT2D eigenvalue weighted by atomic mass is 16.5. The molecule has 0 radical (unpaired) electrons. The lowest BCUT2D eigenvalue weighted by Gasteiger charge is -2.24. The zero-order valence-corrected chi connectivity index (χ0v) is 14.0. The molecular formula is C18H24N4O2. The fourth-order valence-corrected chi connectivity index (χ4v) is 2.97. The second-order valence-electron chi connectivity index (χ2n) is 6.12. The molecule has 1 amide bonds. The number of amides is 1. The second kappa shape index (κ2) is 8.08. The molecule has 6 nitrogen and oxygen atoms in total. The first kappa shape index (κ1) is 16.7. The molecule has 128 valence electrons. The highest BCUT2D eigenvalue weighted by molar-refractivity contribution is 5.92. The predicted molar refractivity (Wildman–Crippen MR) is 91.6 cm³/mol. The van der Waals surface area contributed by atoms with Crippen LogP contribution in [-0.2, 0) is 18.3 Å². The van der Waals surface area contributed by atoms with Gasteiger partial charge < -0.3 is 10.1 Å². The fraction of sp³-hybridized carbons (Fsp3) is 0.444. The van der Waals surface area contributed by atoms with Crippen LogP contribution < -0.4 is 5.32 Å². The van der Waals surface area contributed by atoms with Gasteiger partial charge >= 0.3 is 0 Å². The minimum Gasteiger partial charge on any atom is -0.375 e. The number of nitrogens with one attached hydrogen (secondary N) is 1. The third-order valence-electron chi connectivity index (χ3n) is 4.23. The number of ether oxygens (including phenoxy) is 1. The summed E-state index contributed by atoms with van der Waals surface area (Å²) in [6, 6.07) is 12.2. The second-order valence-corrected chi connectivity index (χ2v) is 6.12. The molecule has 1 aliphatic rings. The molecule has 1 fully saturated rings. The number of hydrogen-bond donors (Lipinski definition) is 1. The van der Waals surface area contributed by atoms with E-state index >= 15 is 0 Å². The van der Waals surface area contributed by atoms with Crippen LogP contribution in [0.25, 0.3) is 0 Å². The van der Waals surface area contributed by atoms with Gasteiger partial charge in [-0.25, -0.2) is 0 Å². The maximum absolute atomic E-state index is 12.2. The summed E-state index contributed by atoms with van der Waals surface area (Å²) in [5, 5.41) is 6.98. The van der Waals surface area contributed by atoms with E-state index in [4.69, 9.17) is 4.74 Å². The zero-order valence-electron chi connectivity index (χ0n) is 14.0. The largest absolute Gasteiger partial charge is 0.375 e. The van der Waals surface area contributed by atoms with E-state index in [0.717, 1.165) is 32.7 Å². The normalized spacial score (nSPS) is 19.0. The van der Waals surface area contributed by atoms with Crippen LogP contribution in [0.4, 0.5) is 0 Å². The van der Waals surface area contributed by atoms with Gasteiger partial charge in [-0.2, -0.15) is 5.10 Å². The van der Waals surface area contributed by atoms with E-state index in [1.807, 2.05) is 6.07 Å². The smallest absolute Gasteiger partial charge is 0.269 e. The van der Waals surface area contributed by atoms with Gasteiger partial charge in [-0.15, -0.1) is 0 Å². The van der Waals surface area contributed by atoms with Crippen molar-refractivity contribution in [1.82, 2.24) is 20.0 Å². The molecule has 1 atom stereocenters. The Balaban J connectivity index is 1.53. The maximum atomic E-state index is 12.2. The van der Waals surface area contributed by atoms with Crippen molar-refractivity contribution in [3.63, 3.8) is 0 Å². The fourth-order valence-electron chi connectivity index (χ4n) is 2.97. The van der Waals surface area contributed by atoms with Gasteiger partial charge in [0.25, 0.3) is 5.91 Å². The summed E-state index contributed by atoms with van der Waals surface area (Å²) in [5.41, 5.74) is 1.86. The quantitative estimate of drug-likeness (QED) is 0.902. The average molecular weight is 328 g/mol. The Morgan fingerprint density at radius 3 is 2.92 bits per heavy atom. The first-order valence-electron chi connectivity index (χ1n) is 8.36. The van der Waals surface area contributed by atoms with Crippen LogP contribution in [0.15, 0.2) is 42.6 Å². The first-order valence-corrected chi connectivity index (χ1v) is 8.36. The molecule has 0 aliphatic carbocycles. The first-order chi connectivity index (χ1) is 11.7. The molecule has 3 rings (SSSR count). The molecule has 6 heteroatoms. The molecule has 0 unspecified atom stereocenters. The van der Waals surface area contributed by atoms with Crippen LogP contribution in [0, 0.1) is 0 Å². The van der Waals surface area contributed by atoms with Crippen molar-refractivity contribution in [1.29, 1.82) is 0 Å². The van der Waals surface area contributed by atoms with Crippen molar-refractivity contribution in [2.45, 2.75) is 19.1 Å². The van der Waals surface area contributed by atoms with Gasteiger partial charge in [-0.1, -0.05) is 30.3 Å². The summed E-state index contributed by atoms with van der Waals surface area (Å²) < 4.78 is 7.46. The number of aromatic nitrogens is 2. The number of benzene rings is 1. The summed E-state index contributed by atoms with van der Waals surface area (Å²) in [5.74, 6) is -0.113. The van der Waals surface area contributed by atoms with E-state index in [0.29, 0.717) is 12.2 Å². The minimum atomic E-state index is -0.113. The van der Waals surface area contributed by atoms with Gasteiger partial charge in [0.1, 0.15) is 5.69 Å². The summed E-state index contributed by atoms with van der Waals surface area (Å²) in [6.45, 7) is 3.99. The summed E-state index contributed by atoms with van der Waals surface area (Å²) in [6.07, 6.45) is 2.64. The SMILES string of the molecule is Cn1nccc1C(=O)NC[C@H]1CN(Cc2ccccc2)CCCO1. The van der Waals surface area contributed by atoms with Crippen LogP contribution in [0.5, 0.6) is 0 Å². The van der Waals surface area contributed by atoms with Gasteiger partial charge in [0.05, 0.1) is 6.10 Å². The third kappa shape index (κ3) is 4.43. The standard InChI is InChI=1S/C18H24N4O2/c1-21-17(8-9-20-21)18(23)19-12-16-14-22(10-5-11-24-16)13-15-6-3-2-4-7-15/h2-4,6-9,16H,5,10-14H2,1H3,(H,19,23)/t16-/m0/s1. The van der Waals surface area contributed by atoms with E-state index in [2.05, 4.69) is 39.6 Å². The molecule has 24 heavy (non-hydrogen) atoms. The number of carbonyl (C=O) groups excluding carboxylic acids is 1. The Bertz CT molecular complexity index is 656. The number of carbonyl (C=O) groups is 1. The monoisotopic (exact) mass is 328 g/mol. The van der Waals surface area contributed by atoms with Crippen molar-refractivity contribution >= 4 is 5.91 Å². The predicted octanol–water partition coefficient (Wildman–Crippen LogP) is 1.44. The molecule has 1 aromatic carbocycles. The Morgan fingerprint density at radius 1 is 1.33 bits per heavy atom. The third-order valence-corrected chi connectivity index (χ3v) is 4.23. The molecule has 0 bridgehead atoms. The summed E-state index contributed by atoms with van der Waals surface area (Å²) in [7, 11) is 1.76. The summed E-state index contributed by atoms with van der Waals surface area (Å²) >= 11 is 0. The molecule has 1 saturated heterocycles. The van der Waals surface area contributed by atoms with E-state index in [9.17, 15) is 4.79 Å². The van der Waals surface area contributed by atoms with Crippen molar-refractivity contribution in [2.24, 2.45) is 7.05 Å². The number of aryl methyl sites for hydroxylation is 1. The van der Waals surface area contributed by atoms with Crippen LogP contribution in [-0.4, -0.2) is 52.9 Å². The minimum absolute atomic E-state index is 0.00777. The van der Waals surface area contributed by atoms with Crippen molar-refractivity contribution in [3.8, 4) is 0 Å². The van der Waals surface area contributed by atoms with Crippen molar-refractivity contribution in [3.05, 3.63) is 53.9 Å². The highest BCUT2D eigenvalue weighted by Gasteiger charge is 2.20. The Labute approximate surface area is 142 Å². The lowest BCUT2D eigenvalue weighted by Crippen LogP contribution is -2.40. The number of hydrogen-bond acceptors (Lipinski definition) is 4. The topological polar surface area (TPSA) is 59.4 Å². The van der Waals surface area contributed by atoms with Crippen LogP contribution in [0.2, 0.25) is 0 Å². The lowest BCUT2D eigenvalue weighted by atomic mass is 10.2. The molecule has 1 aromatic heterocycles. The molecule has 2 aromatic rings. The molecule has 1 N–H and O–H groups in total. The maximum Gasteiger partial charge on any atom is 0.269 e. The van der Waals surface area contributed by atoms with Gasteiger partial charge in [0, 0.05) is 46.0 Å². The molecule has 0 spiro atoms. The zero-order chi connectivity index (χ0) is 16.8. The van der Waals surface area contributed by atoms with E-state index in [1.54, 1.807) is 24.0 Å². The van der Waals surface area contributed by atoms with Gasteiger partial charge in [0.2, 0.25) is 0 Å². The molecule has 1 aliphatic heterocycles. The molecule has 2 heterocycles.